The minimum atomic E-state index is -0.312. The van der Waals surface area contributed by atoms with Crippen LogP contribution < -0.4 is 5.32 Å². The van der Waals surface area contributed by atoms with E-state index in [2.05, 4.69) is 10.3 Å². The molecule has 2 aromatic rings. The molecule has 0 spiro atoms. The molecule has 2 aromatic heterocycles. The topological polar surface area (TPSA) is 39.1 Å². The van der Waals surface area contributed by atoms with Crippen molar-refractivity contribution in [2.75, 3.05) is 19.7 Å². The minimum absolute atomic E-state index is 0.0195. The fraction of sp³-hybridized carbons (Fsp3) is 0.417. The summed E-state index contributed by atoms with van der Waals surface area (Å²) < 4.78 is 20.8. The van der Waals surface area contributed by atoms with Gasteiger partial charge in [0.05, 0.1) is 29.5 Å². The van der Waals surface area contributed by atoms with Gasteiger partial charge in [0.15, 0.2) is 0 Å². The Morgan fingerprint density at radius 1 is 1.53 bits per heavy atom. The van der Waals surface area contributed by atoms with Crippen LogP contribution in [-0.4, -0.2) is 29.2 Å². The van der Waals surface area contributed by atoms with E-state index in [0.29, 0.717) is 6.61 Å². The summed E-state index contributed by atoms with van der Waals surface area (Å²) in [5.41, 5.74) is 2.64. The third-order valence-electron chi connectivity index (χ3n) is 3.15. The highest BCUT2D eigenvalue weighted by Gasteiger charge is 2.20. The van der Waals surface area contributed by atoms with Crippen LogP contribution in [0.4, 0.5) is 4.39 Å². The number of pyridine rings is 1. The van der Waals surface area contributed by atoms with Gasteiger partial charge in [-0.2, -0.15) is 0 Å². The number of morpholine rings is 1. The van der Waals surface area contributed by atoms with E-state index < -0.39 is 0 Å². The third-order valence-corrected chi connectivity index (χ3v) is 3.15. The van der Waals surface area contributed by atoms with Gasteiger partial charge in [-0.15, -0.1) is 0 Å². The molecule has 1 unspecified atom stereocenters. The second-order valence-corrected chi connectivity index (χ2v) is 4.25. The van der Waals surface area contributed by atoms with Crippen LogP contribution in [0.25, 0.3) is 11.0 Å². The van der Waals surface area contributed by atoms with Crippen LogP contribution >= 0.6 is 0 Å². The predicted molar refractivity (Wildman–Crippen MR) is 62.2 cm³/mol. The Morgan fingerprint density at radius 2 is 2.41 bits per heavy atom. The Bertz CT molecular complexity index is 546. The van der Waals surface area contributed by atoms with Gasteiger partial charge in [0.25, 0.3) is 0 Å². The fourth-order valence-corrected chi connectivity index (χ4v) is 2.26. The van der Waals surface area contributed by atoms with Crippen molar-refractivity contribution in [2.24, 2.45) is 7.05 Å². The summed E-state index contributed by atoms with van der Waals surface area (Å²) in [7, 11) is 1.91. The van der Waals surface area contributed by atoms with Crippen LogP contribution in [0.15, 0.2) is 18.3 Å². The Labute approximate surface area is 98.4 Å². The fourth-order valence-electron chi connectivity index (χ4n) is 2.26. The van der Waals surface area contributed by atoms with E-state index in [1.165, 1.54) is 12.3 Å². The lowest BCUT2D eigenvalue weighted by Crippen LogP contribution is -2.34. The molecule has 1 saturated heterocycles. The van der Waals surface area contributed by atoms with Crippen molar-refractivity contribution in [3.8, 4) is 0 Å². The highest BCUT2D eigenvalue weighted by Crippen LogP contribution is 2.25. The van der Waals surface area contributed by atoms with Gasteiger partial charge < -0.3 is 14.6 Å². The molecule has 1 aliphatic heterocycles. The summed E-state index contributed by atoms with van der Waals surface area (Å²) in [4.78, 5) is 4.09. The zero-order valence-corrected chi connectivity index (χ0v) is 9.61. The number of nitrogens with zero attached hydrogens (tertiary/aromatic N) is 2. The SMILES string of the molecule is Cn1c(C2CNCCO2)cc2ncc(F)cc21. The minimum Gasteiger partial charge on any atom is -0.369 e. The van der Waals surface area contributed by atoms with Crippen LogP contribution in [-0.2, 0) is 11.8 Å². The van der Waals surface area contributed by atoms with E-state index >= 15 is 0 Å². The van der Waals surface area contributed by atoms with Crippen molar-refractivity contribution >= 4 is 11.0 Å². The summed E-state index contributed by atoms with van der Waals surface area (Å²) in [6.07, 6.45) is 1.26. The lowest BCUT2D eigenvalue weighted by Gasteiger charge is -2.24. The molecule has 4 nitrogen and oxygen atoms in total. The van der Waals surface area contributed by atoms with Gasteiger partial charge in [-0.3, -0.25) is 4.98 Å². The van der Waals surface area contributed by atoms with Crippen LogP contribution in [0.5, 0.6) is 0 Å². The molecule has 3 rings (SSSR count). The molecule has 17 heavy (non-hydrogen) atoms. The van der Waals surface area contributed by atoms with Gasteiger partial charge in [-0.05, 0) is 6.07 Å². The first kappa shape index (κ1) is 10.7. The van der Waals surface area contributed by atoms with Crippen molar-refractivity contribution in [1.29, 1.82) is 0 Å². The molecule has 0 bridgehead atoms. The summed E-state index contributed by atoms with van der Waals surface area (Å²) in [6.45, 7) is 2.37. The third kappa shape index (κ3) is 1.81. The average molecular weight is 235 g/mol. The molecule has 0 saturated carbocycles. The normalized spacial score (nSPS) is 20.9. The number of ether oxygens (including phenoxy) is 1. The van der Waals surface area contributed by atoms with E-state index in [1.54, 1.807) is 0 Å². The van der Waals surface area contributed by atoms with Crippen LogP contribution in [0.1, 0.15) is 11.8 Å². The largest absolute Gasteiger partial charge is 0.369 e. The molecule has 1 aliphatic rings. The molecule has 1 N–H and O–H groups in total. The molecule has 0 amide bonds. The molecule has 1 fully saturated rings. The second-order valence-electron chi connectivity index (χ2n) is 4.25. The highest BCUT2D eigenvalue weighted by molar-refractivity contribution is 5.77. The van der Waals surface area contributed by atoms with Gasteiger partial charge in [-0.25, -0.2) is 4.39 Å². The van der Waals surface area contributed by atoms with Crippen molar-refractivity contribution in [3.05, 3.63) is 29.8 Å². The van der Waals surface area contributed by atoms with Crippen LogP contribution in [0.3, 0.4) is 0 Å². The number of rotatable bonds is 1. The molecular weight excluding hydrogens is 221 g/mol. The highest BCUT2D eigenvalue weighted by atomic mass is 19.1. The summed E-state index contributed by atoms with van der Waals surface area (Å²) in [5, 5.41) is 3.28. The maximum Gasteiger partial charge on any atom is 0.143 e. The van der Waals surface area contributed by atoms with Gasteiger partial charge >= 0.3 is 0 Å². The van der Waals surface area contributed by atoms with E-state index in [4.69, 9.17) is 4.74 Å². The number of hydrogen-bond acceptors (Lipinski definition) is 3. The standard InChI is InChI=1S/C12H14FN3O/c1-16-10-4-8(13)6-15-9(10)5-11(16)12-7-14-2-3-17-12/h4-6,12,14H,2-3,7H2,1H3. The average Bonchev–Trinajstić information content (AvgIpc) is 2.68. The smallest absolute Gasteiger partial charge is 0.143 e. The number of fused-ring (bicyclic) bond motifs is 1. The molecule has 0 radical (unpaired) electrons. The van der Waals surface area contributed by atoms with Crippen LogP contribution in [0, 0.1) is 5.82 Å². The Balaban J connectivity index is 2.07. The first-order valence-electron chi connectivity index (χ1n) is 5.69. The maximum atomic E-state index is 13.1. The summed E-state index contributed by atoms with van der Waals surface area (Å²) in [5.74, 6) is -0.312. The lowest BCUT2D eigenvalue weighted by molar-refractivity contribution is 0.0236. The Hall–Kier alpha value is -1.46. The molecular formula is C12H14FN3O. The van der Waals surface area contributed by atoms with Gasteiger partial charge in [0, 0.05) is 26.2 Å². The molecule has 0 aliphatic carbocycles. The summed E-state index contributed by atoms with van der Waals surface area (Å²) >= 11 is 0. The van der Waals surface area contributed by atoms with Gasteiger partial charge in [0.2, 0.25) is 0 Å². The van der Waals surface area contributed by atoms with E-state index in [0.717, 1.165) is 29.8 Å². The first-order chi connectivity index (χ1) is 8.25. The number of aryl methyl sites for hydroxylation is 1. The number of aromatic nitrogens is 2. The van der Waals surface area contributed by atoms with Crippen molar-refractivity contribution in [3.63, 3.8) is 0 Å². The van der Waals surface area contributed by atoms with Crippen molar-refractivity contribution in [1.82, 2.24) is 14.9 Å². The number of hydrogen-bond donors (Lipinski definition) is 1. The van der Waals surface area contributed by atoms with E-state index in [1.807, 2.05) is 17.7 Å². The second kappa shape index (κ2) is 4.09. The molecule has 3 heterocycles. The number of nitrogens with one attached hydrogen (secondary N) is 1. The van der Waals surface area contributed by atoms with Crippen molar-refractivity contribution < 1.29 is 9.13 Å². The molecule has 0 aromatic carbocycles. The Kier molecular flexibility index (Phi) is 2.57. The van der Waals surface area contributed by atoms with Gasteiger partial charge in [0.1, 0.15) is 11.9 Å². The predicted octanol–water partition coefficient (Wildman–Crippen LogP) is 1.37. The molecule has 5 heteroatoms. The quantitative estimate of drug-likeness (QED) is 0.811. The van der Waals surface area contributed by atoms with E-state index in [9.17, 15) is 4.39 Å². The Morgan fingerprint density at radius 3 is 3.18 bits per heavy atom. The van der Waals surface area contributed by atoms with Gasteiger partial charge in [-0.1, -0.05) is 0 Å². The maximum absolute atomic E-state index is 13.1. The zero-order valence-electron chi connectivity index (χ0n) is 9.61. The molecule has 90 valence electrons. The van der Waals surface area contributed by atoms with Crippen molar-refractivity contribution in [2.45, 2.75) is 6.10 Å². The molecule has 1 atom stereocenters. The van der Waals surface area contributed by atoms with E-state index in [-0.39, 0.29) is 11.9 Å². The summed E-state index contributed by atoms with van der Waals surface area (Å²) in [6, 6.07) is 3.47. The van der Waals surface area contributed by atoms with Crippen LogP contribution in [0.2, 0.25) is 0 Å². The zero-order chi connectivity index (χ0) is 11.8. The first-order valence-corrected chi connectivity index (χ1v) is 5.69. The monoisotopic (exact) mass is 235 g/mol. The lowest BCUT2D eigenvalue weighted by atomic mass is 10.2. The number of halogens is 1.